The molecular weight excluding hydrogens is 401 g/mol. The van der Waals surface area contributed by atoms with E-state index in [1.807, 2.05) is 30.5 Å². The summed E-state index contributed by atoms with van der Waals surface area (Å²) < 4.78 is 13.4. The Balaban J connectivity index is 1.51. The molecule has 6 heteroatoms. The van der Waals surface area contributed by atoms with Crippen LogP contribution in [0.2, 0.25) is 0 Å². The molecule has 4 aromatic heterocycles. The van der Waals surface area contributed by atoms with E-state index in [1.54, 1.807) is 18.3 Å². The summed E-state index contributed by atoms with van der Waals surface area (Å²) in [6, 6.07) is 20.6. The molecule has 154 valence electrons. The lowest BCUT2D eigenvalue weighted by Crippen LogP contribution is -1.87. The van der Waals surface area contributed by atoms with Crippen molar-refractivity contribution >= 4 is 21.8 Å². The first-order chi connectivity index (χ1) is 15.7. The first-order valence-corrected chi connectivity index (χ1v) is 10.3. The van der Waals surface area contributed by atoms with Crippen LogP contribution in [-0.2, 0) is 0 Å². The van der Waals surface area contributed by atoms with E-state index in [0.717, 1.165) is 55.7 Å². The van der Waals surface area contributed by atoms with E-state index < -0.39 is 0 Å². The fourth-order valence-corrected chi connectivity index (χ4v) is 4.15. The lowest BCUT2D eigenvalue weighted by Gasteiger charge is -2.05. The number of halogens is 1. The van der Waals surface area contributed by atoms with Gasteiger partial charge in [0.2, 0.25) is 0 Å². The molecule has 0 fully saturated rings. The largest absolute Gasteiger partial charge is 0.353 e. The first kappa shape index (κ1) is 18.4. The molecule has 5 nitrogen and oxygen atoms in total. The Morgan fingerprint density at radius 1 is 0.812 bits per heavy atom. The van der Waals surface area contributed by atoms with E-state index >= 15 is 0 Å². The minimum absolute atomic E-state index is 0.267. The van der Waals surface area contributed by atoms with E-state index in [9.17, 15) is 4.39 Å². The summed E-state index contributed by atoms with van der Waals surface area (Å²) in [5, 5.41) is 9.60. The van der Waals surface area contributed by atoms with Crippen LogP contribution in [0.4, 0.5) is 4.39 Å². The Kier molecular flexibility index (Phi) is 4.11. The van der Waals surface area contributed by atoms with Gasteiger partial charge in [0.25, 0.3) is 0 Å². The van der Waals surface area contributed by atoms with Gasteiger partial charge in [-0.05, 0) is 55.0 Å². The Morgan fingerprint density at radius 3 is 2.47 bits per heavy atom. The Bertz CT molecular complexity index is 1590. The van der Waals surface area contributed by atoms with Crippen LogP contribution in [0.1, 0.15) is 5.56 Å². The topological polar surface area (TPSA) is 70.2 Å². The van der Waals surface area contributed by atoms with Crippen LogP contribution in [0.5, 0.6) is 0 Å². The number of hydrogen-bond acceptors (Lipinski definition) is 3. The van der Waals surface area contributed by atoms with Crippen LogP contribution < -0.4 is 0 Å². The Morgan fingerprint density at radius 2 is 1.62 bits per heavy atom. The van der Waals surface area contributed by atoms with Gasteiger partial charge in [0.15, 0.2) is 0 Å². The normalized spacial score (nSPS) is 11.4. The summed E-state index contributed by atoms with van der Waals surface area (Å²) in [7, 11) is 0. The van der Waals surface area contributed by atoms with Crippen LogP contribution in [0.3, 0.4) is 0 Å². The van der Waals surface area contributed by atoms with Crippen molar-refractivity contribution in [1.82, 2.24) is 25.1 Å². The molecule has 0 atom stereocenters. The number of rotatable bonds is 3. The van der Waals surface area contributed by atoms with Gasteiger partial charge >= 0.3 is 0 Å². The predicted molar refractivity (Wildman–Crippen MR) is 125 cm³/mol. The zero-order valence-corrected chi connectivity index (χ0v) is 17.2. The number of fused-ring (bicyclic) bond motifs is 2. The maximum atomic E-state index is 13.4. The number of pyridine rings is 2. The monoisotopic (exact) mass is 419 g/mol. The standard InChI is InChI=1S/C26H18FN5/c1-15-4-2-3-5-18(15)22-12-20-24(14-29-22)31-32-26(20)23-13-19-21(30-23)10-11-28-25(19)16-6-8-17(27)9-7-16/h2-14,30H,1H3,(H,31,32). The predicted octanol–water partition coefficient (Wildman–Crippen LogP) is 6.28. The molecule has 0 saturated carbocycles. The van der Waals surface area contributed by atoms with Gasteiger partial charge in [0.1, 0.15) is 11.5 Å². The van der Waals surface area contributed by atoms with Gasteiger partial charge in [0.05, 0.1) is 28.8 Å². The molecule has 0 aliphatic carbocycles. The highest BCUT2D eigenvalue weighted by molar-refractivity contribution is 6.00. The second-order valence-electron chi connectivity index (χ2n) is 7.81. The molecule has 0 saturated heterocycles. The Labute approximate surface area is 183 Å². The average molecular weight is 419 g/mol. The van der Waals surface area contributed by atoms with Crippen LogP contribution in [0.15, 0.2) is 79.1 Å². The third-order valence-corrected chi connectivity index (χ3v) is 5.79. The minimum atomic E-state index is -0.267. The molecule has 2 N–H and O–H groups in total. The quantitative estimate of drug-likeness (QED) is 0.354. The molecule has 0 bridgehead atoms. The van der Waals surface area contributed by atoms with Crippen molar-refractivity contribution in [3.05, 3.63) is 90.5 Å². The molecule has 2 aromatic carbocycles. The summed E-state index contributed by atoms with van der Waals surface area (Å²) in [5.74, 6) is -0.267. The number of nitrogens with one attached hydrogen (secondary N) is 2. The molecule has 0 unspecified atom stereocenters. The number of aryl methyl sites for hydroxylation is 1. The maximum Gasteiger partial charge on any atom is 0.123 e. The maximum absolute atomic E-state index is 13.4. The van der Waals surface area contributed by atoms with Gasteiger partial charge in [-0.1, -0.05) is 24.3 Å². The van der Waals surface area contributed by atoms with Crippen LogP contribution in [0, 0.1) is 12.7 Å². The van der Waals surface area contributed by atoms with Crippen molar-refractivity contribution in [2.24, 2.45) is 0 Å². The van der Waals surface area contributed by atoms with Crippen molar-refractivity contribution in [3.8, 4) is 33.9 Å². The van der Waals surface area contributed by atoms with Gasteiger partial charge in [0, 0.05) is 33.6 Å². The number of benzene rings is 2. The molecule has 6 rings (SSSR count). The van der Waals surface area contributed by atoms with Gasteiger partial charge in [-0.3, -0.25) is 15.1 Å². The van der Waals surface area contributed by atoms with Crippen molar-refractivity contribution < 1.29 is 4.39 Å². The summed E-state index contributed by atoms with van der Waals surface area (Å²) in [5.41, 5.74) is 8.34. The molecule has 32 heavy (non-hydrogen) atoms. The third-order valence-electron chi connectivity index (χ3n) is 5.79. The van der Waals surface area contributed by atoms with Gasteiger partial charge in [-0.2, -0.15) is 5.10 Å². The summed E-state index contributed by atoms with van der Waals surface area (Å²) in [6.45, 7) is 2.08. The highest BCUT2D eigenvalue weighted by Gasteiger charge is 2.15. The zero-order chi connectivity index (χ0) is 21.7. The van der Waals surface area contributed by atoms with Crippen molar-refractivity contribution in [2.45, 2.75) is 6.92 Å². The Hall–Kier alpha value is -4.32. The van der Waals surface area contributed by atoms with Crippen LogP contribution in [-0.4, -0.2) is 25.1 Å². The lowest BCUT2D eigenvalue weighted by molar-refractivity contribution is 0.628. The fraction of sp³-hybridized carbons (Fsp3) is 0.0385. The summed E-state index contributed by atoms with van der Waals surface area (Å²) >= 11 is 0. The van der Waals surface area contributed by atoms with Crippen molar-refractivity contribution in [1.29, 1.82) is 0 Å². The number of H-pyrrole nitrogens is 2. The fourth-order valence-electron chi connectivity index (χ4n) is 4.15. The van der Waals surface area contributed by atoms with Gasteiger partial charge < -0.3 is 4.98 Å². The highest BCUT2D eigenvalue weighted by Crippen LogP contribution is 2.34. The molecule has 0 amide bonds. The molecular formula is C26H18FN5. The summed E-state index contributed by atoms with van der Waals surface area (Å²) in [4.78, 5) is 12.6. The molecule has 0 spiro atoms. The van der Waals surface area contributed by atoms with E-state index in [4.69, 9.17) is 0 Å². The van der Waals surface area contributed by atoms with E-state index in [1.165, 1.54) is 17.7 Å². The van der Waals surface area contributed by atoms with Crippen LogP contribution >= 0.6 is 0 Å². The third kappa shape index (κ3) is 2.96. The molecule has 0 aliphatic rings. The molecule has 0 aliphatic heterocycles. The van der Waals surface area contributed by atoms with Crippen LogP contribution in [0.25, 0.3) is 55.7 Å². The zero-order valence-electron chi connectivity index (χ0n) is 17.2. The van der Waals surface area contributed by atoms with E-state index in [0.29, 0.717) is 0 Å². The number of hydrogen-bond donors (Lipinski definition) is 2. The first-order valence-electron chi connectivity index (χ1n) is 10.3. The van der Waals surface area contributed by atoms with Crippen molar-refractivity contribution in [2.75, 3.05) is 0 Å². The molecule has 0 radical (unpaired) electrons. The van der Waals surface area contributed by atoms with E-state index in [-0.39, 0.29) is 5.82 Å². The molecule has 6 aromatic rings. The smallest absolute Gasteiger partial charge is 0.123 e. The minimum Gasteiger partial charge on any atom is -0.353 e. The second-order valence-corrected chi connectivity index (χ2v) is 7.81. The number of aromatic nitrogens is 5. The molecule has 4 heterocycles. The highest BCUT2D eigenvalue weighted by atomic mass is 19.1. The van der Waals surface area contributed by atoms with Crippen molar-refractivity contribution in [3.63, 3.8) is 0 Å². The lowest BCUT2D eigenvalue weighted by atomic mass is 10.0. The van der Waals surface area contributed by atoms with Gasteiger partial charge in [-0.15, -0.1) is 0 Å². The average Bonchev–Trinajstić information content (AvgIpc) is 3.43. The number of aromatic amines is 2. The second kappa shape index (κ2) is 7.13. The summed E-state index contributed by atoms with van der Waals surface area (Å²) in [6.07, 6.45) is 3.58. The number of nitrogens with zero attached hydrogens (tertiary/aromatic N) is 3. The SMILES string of the molecule is Cc1ccccc1-c1cc2c(-c3cc4c(-c5ccc(F)cc5)nccc4[nH]3)n[nH]c2cn1. The van der Waals surface area contributed by atoms with E-state index in [2.05, 4.69) is 50.3 Å². The van der Waals surface area contributed by atoms with Gasteiger partial charge in [-0.25, -0.2) is 4.39 Å².